The summed E-state index contributed by atoms with van der Waals surface area (Å²) < 4.78 is 13.4. The number of fused-ring (bicyclic) bond motifs is 2. The van der Waals surface area contributed by atoms with Crippen molar-refractivity contribution >= 4 is 22.4 Å². The van der Waals surface area contributed by atoms with E-state index in [9.17, 15) is 9.59 Å². The summed E-state index contributed by atoms with van der Waals surface area (Å²) in [7, 11) is 0. The number of carbonyl (C=O) groups is 1. The van der Waals surface area contributed by atoms with Crippen molar-refractivity contribution in [2.45, 2.75) is 44.9 Å². The quantitative estimate of drug-likeness (QED) is 0.736. The first-order chi connectivity index (χ1) is 14.1. The molecule has 0 bridgehead atoms. The van der Waals surface area contributed by atoms with Crippen molar-refractivity contribution in [2.75, 3.05) is 5.32 Å². The molecule has 1 amide bonds. The van der Waals surface area contributed by atoms with E-state index in [1.54, 1.807) is 36.4 Å². The van der Waals surface area contributed by atoms with Gasteiger partial charge < -0.3 is 14.8 Å². The van der Waals surface area contributed by atoms with Crippen molar-refractivity contribution in [3.05, 3.63) is 58.5 Å². The molecule has 0 radical (unpaired) electrons. The van der Waals surface area contributed by atoms with Crippen LogP contribution in [0.1, 0.15) is 43.1 Å². The molecule has 1 aliphatic heterocycles. The zero-order chi connectivity index (χ0) is 20.0. The molecular formula is C22H21N3O4. The average Bonchev–Trinajstić information content (AvgIpc) is 3.34. The molecule has 1 N–H and O–H groups in total. The first-order valence-electron chi connectivity index (χ1n) is 9.92. The average molecular weight is 391 g/mol. The maximum Gasteiger partial charge on any atom is 0.276 e. The molecule has 3 aromatic rings. The zero-order valence-corrected chi connectivity index (χ0v) is 16.1. The van der Waals surface area contributed by atoms with Crippen LogP contribution in [0.5, 0.6) is 11.5 Å². The Morgan fingerprint density at radius 1 is 1.10 bits per heavy atom. The Morgan fingerprint density at radius 2 is 1.83 bits per heavy atom. The molecule has 1 saturated carbocycles. The summed E-state index contributed by atoms with van der Waals surface area (Å²) in [5.74, 6) is 0.422. The fraction of sp³-hybridized carbons (Fsp3) is 0.318. The number of anilines is 1. The molecule has 1 fully saturated rings. The van der Waals surface area contributed by atoms with Crippen LogP contribution in [0.25, 0.3) is 10.8 Å². The second-order valence-corrected chi connectivity index (χ2v) is 7.45. The zero-order valence-electron chi connectivity index (χ0n) is 16.1. The van der Waals surface area contributed by atoms with Gasteiger partial charge in [-0.05, 0) is 38.0 Å². The lowest BCUT2D eigenvalue weighted by atomic mass is 10.1. The number of aryl methyl sites for hydroxylation is 1. The predicted molar refractivity (Wildman–Crippen MR) is 109 cm³/mol. The highest BCUT2D eigenvalue weighted by molar-refractivity contribution is 6.11. The first-order valence-corrected chi connectivity index (χ1v) is 9.92. The normalized spacial score (nSPS) is 16.4. The van der Waals surface area contributed by atoms with Crippen molar-refractivity contribution < 1.29 is 14.3 Å². The molecule has 148 valence electrons. The lowest BCUT2D eigenvalue weighted by molar-refractivity contribution is -0.0716. The number of carbonyl (C=O) groups excluding carboxylic acids is 1. The highest BCUT2D eigenvalue weighted by atomic mass is 16.7. The van der Waals surface area contributed by atoms with Crippen LogP contribution in [0.2, 0.25) is 0 Å². The molecular weight excluding hydrogens is 370 g/mol. The Balaban J connectivity index is 1.46. The van der Waals surface area contributed by atoms with Gasteiger partial charge in [0.1, 0.15) is 0 Å². The number of benzene rings is 2. The molecule has 0 atom stereocenters. The van der Waals surface area contributed by atoms with Crippen LogP contribution >= 0.6 is 0 Å². The van der Waals surface area contributed by atoms with Crippen LogP contribution in [-0.2, 0) is 6.54 Å². The third-order valence-corrected chi connectivity index (χ3v) is 5.54. The van der Waals surface area contributed by atoms with E-state index in [1.165, 1.54) is 4.68 Å². The van der Waals surface area contributed by atoms with E-state index in [-0.39, 0.29) is 17.2 Å². The van der Waals surface area contributed by atoms with Crippen molar-refractivity contribution in [1.29, 1.82) is 0 Å². The summed E-state index contributed by atoms with van der Waals surface area (Å²) in [5, 5.41) is 8.17. The lowest BCUT2D eigenvalue weighted by Crippen LogP contribution is -2.34. The second kappa shape index (κ2) is 6.62. The number of nitrogens with zero attached hydrogens (tertiary/aromatic N) is 2. The van der Waals surface area contributed by atoms with Crippen LogP contribution < -0.4 is 20.3 Å². The van der Waals surface area contributed by atoms with E-state index in [1.807, 2.05) is 13.0 Å². The van der Waals surface area contributed by atoms with Crippen LogP contribution in [0, 0.1) is 0 Å². The molecule has 2 heterocycles. The van der Waals surface area contributed by atoms with Crippen LogP contribution in [0.15, 0.2) is 47.3 Å². The fourth-order valence-electron chi connectivity index (χ4n) is 4.10. The van der Waals surface area contributed by atoms with Crippen molar-refractivity contribution in [1.82, 2.24) is 9.78 Å². The molecule has 7 nitrogen and oxygen atoms in total. The Morgan fingerprint density at radius 3 is 2.59 bits per heavy atom. The fourth-order valence-corrected chi connectivity index (χ4v) is 4.10. The largest absolute Gasteiger partial charge is 0.448 e. The maximum atomic E-state index is 13.0. The van der Waals surface area contributed by atoms with Crippen molar-refractivity contribution in [2.24, 2.45) is 0 Å². The van der Waals surface area contributed by atoms with Crippen molar-refractivity contribution in [3.8, 4) is 11.5 Å². The topological polar surface area (TPSA) is 82.5 Å². The summed E-state index contributed by atoms with van der Waals surface area (Å²) in [6, 6.07) is 12.4. The standard InChI is InChI=1S/C22H21N3O4/c1-2-25-21(27)16-8-4-3-7-15(16)19(24-25)20(26)23-14-9-10-17-18(13-14)29-22(28-17)11-5-6-12-22/h3-4,7-10,13H,2,5-6,11-12H2,1H3,(H,23,26). The lowest BCUT2D eigenvalue weighted by Gasteiger charge is -2.21. The Bertz CT molecular complexity index is 1180. The molecule has 29 heavy (non-hydrogen) atoms. The van der Waals surface area contributed by atoms with E-state index in [4.69, 9.17) is 9.47 Å². The van der Waals surface area contributed by atoms with E-state index in [0.29, 0.717) is 34.5 Å². The minimum Gasteiger partial charge on any atom is -0.448 e. The number of ether oxygens (including phenoxy) is 2. The third-order valence-electron chi connectivity index (χ3n) is 5.54. The number of rotatable bonds is 3. The van der Waals surface area contributed by atoms with Crippen molar-refractivity contribution in [3.63, 3.8) is 0 Å². The smallest absolute Gasteiger partial charge is 0.276 e. The Hall–Kier alpha value is -3.35. The van der Waals surface area contributed by atoms with Gasteiger partial charge in [-0.25, -0.2) is 4.68 Å². The van der Waals surface area contributed by atoms with E-state index in [2.05, 4.69) is 10.4 Å². The van der Waals surface area contributed by atoms with Gasteiger partial charge in [-0.1, -0.05) is 18.2 Å². The van der Waals surface area contributed by atoms with E-state index in [0.717, 1.165) is 25.7 Å². The second-order valence-electron chi connectivity index (χ2n) is 7.45. The summed E-state index contributed by atoms with van der Waals surface area (Å²) in [5.41, 5.74) is 0.601. The molecule has 7 heteroatoms. The molecule has 2 aliphatic rings. The summed E-state index contributed by atoms with van der Waals surface area (Å²) >= 11 is 0. The van der Waals surface area contributed by atoms with Gasteiger partial charge in [-0.2, -0.15) is 5.10 Å². The van der Waals surface area contributed by atoms with Gasteiger partial charge in [0.05, 0.1) is 5.39 Å². The summed E-state index contributed by atoms with van der Waals surface area (Å²) in [6.07, 6.45) is 3.92. The third kappa shape index (κ3) is 2.93. The number of nitrogens with one attached hydrogen (secondary N) is 1. The summed E-state index contributed by atoms with van der Waals surface area (Å²) in [6.45, 7) is 2.21. The van der Waals surface area contributed by atoms with Gasteiger partial charge in [-0.15, -0.1) is 0 Å². The summed E-state index contributed by atoms with van der Waals surface area (Å²) in [4.78, 5) is 25.5. The Kier molecular flexibility index (Phi) is 4.04. The van der Waals surface area contributed by atoms with Gasteiger partial charge in [-0.3, -0.25) is 9.59 Å². The van der Waals surface area contributed by atoms with Gasteiger partial charge in [0, 0.05) is 36.5 Å². The first kappa shape index (κ1) is 17.7. The van der Waals surface area contributed by atoms with Crippen LogP contribution in [0.4, 0.5) is 5.69 Å². The monoisotopic (exact) mass is 391 g/mol. The van der Waals surface area contributed by atoms with E-state index < -0.39 is 5.79 Å². The SMILES string of the molecule is CCn1nc(C(=O)Nc2ccc3c(c2)OC2(CCCC2)O3)c2ccccc2c1=O. The molecule has 1 aromatic heterocycles. The molecule has 5 rings (SSSR count). The van der Waals surface area contributed by atoms with Gasteiger partial charge in [0.15, 0.2) is 17.2 Å². The minimum absolute atomic E-state index is 0.204. The molecule has 0 saturated heterocycles. The highest BCUT2D eigenvalue weighted by Gasteiger charge is 2.44. The van der Waals surface area contributed by atoms with Crippen LogP contribution in [-0.4, -0.2) is 21.5 Å². The number of hydrogen-bond acceptors (Lipinski definition) is 5. The van der Waals surface area contributed by atoms with Gasteiger partial charge >= 0.3 is 0 Å². The minimum atomic E-state index is -0.542. The maximum absolute atomic E-state index is 13.0. The van der Waals surface area contributed by atoms with Gasteiger partial charge in [0.2, 0.25) is 0 Å². The number of hydrogen-bond donors (Lipinski definition) is 1. The van der Waals surface area contributed by atoms with Crippen LogP contribution in [0.3, 0.4) is 0 Å². The van der Waals surface area contributed by atoms with Gasteiger partial charge in [0.25, 0.3) is 17.3 Å². The molecule has 1 spiro atoms. The molecule has 0 unspecified atom stereocenters. The molecule has 2 aromatic carbocycles. The number of amides is 1. The molecule has 1 aliphatic carbocycles. The Labute approximate surface area is 167 Å². The van der Waals surface area contributed by atoms with E-state index >= 15 is 0 Å². The predicted octanol–water partition coefficient (Wildman–Crippen LogP) is 3.71. The highest BCUT2D eigenvalue weighted by Crippen LogP contribution is 2.47. The number of aromatic nitrogens is 2.